The molecule has 0 spiro atoms. The van der Waals surface area contributed by atoms with E-state index in [0.717, 1.165) is 24.1 Å². The molecule has 1 fully saturated rings. The molecule has 7 nitrogen and oxygen atoms in total. The third-order valence-electron chi connectivity index (χ3n) is 4.55. The van der Waals surface area contributed by atoms with Crippen LogP contribution in [0.4, 0.5) is 0 Å². The van der Waals surface area contributed by atoms with Gasteiger partial charge in [-0.1, -0.05) is 0 Å². The highest BCUT2D eigenvalue weighted by Gasteiger charge is 2.49. The van der Waals surface area contributed by atoms with Crippen molar-refractivity contribution in [3.8, 4) is 0 Å². The van der Waals surface area contributed by atoms with E-state index < -0.39 is 5.54 Å². The standard InChI is InChI=1S/C16H19N5O2/c1-9-8-11-12(10(2)23-9)20-21-13(11)14(22)19-16(4-5-16)15-17-6-3-7-18-15/h3,6-7,9-10H,4-5,8H2,1-2H3,(H,19,22)(H,20,21)/t9-,10+/m1/s1. The monoisotopic (exact) mass is 313 g/mol. The van der Waals surface area contributed by atoms with Crippen LogP contribution in [0.15, 0.2) is 18.5 Å². The molecule has 1 aliphatic heterocycles. The van der Waals surface area contributed by atoms with Crippen LogP contribution in [0.1, 0.15) is 60.4 Å². The predicted molar refractivity (Wildman–Crippen MR) is 81.7 cm³/mol. The second kappa shape index (κ2) is 5.13. The normalized spacial score (nSPS) is 24.8. The second-order valence-electron chi connectivity index (χ2n) is 6.37. The Morgan fingerprint density at radius 2 is 2.09 bits per heavy atom. The number of carbonyl (C=O) groups is 1. The Balaban J connectivity index is 1.59. The van der Waals surface area contributed by atoms with Crippen molar-refractivity contribution in [2.24, 2.45) is 0 Å². The van der Waals surface area contributed by atoms with Crippen molar-refractivity contribution >= 4 is 5.91 Å². The lowest BCUT2D eigenvalue weighted by Gasteiger charge is -2.25. The average molecular weight is 313 g/mol. The lowest BCUT2D eigenvalue weighted by atomic mass is 9.99. The van der Waals surface area contributed by atoms with Gasteiger partial charge in [-0.15, -0.1) is 0 Å². The lowest BCUT2D eigenvalue weighted by Crippen LogP contribution is -2.37. The SMILES string of the molecule is C[C@@H]1Cc2c(C(=O)NC3(c4ncccn4)CC3)n[nH]c2[C@H](C)O1. The predicted octanol–water partition coefficient (Wildman–Crippen LogP) is 1.64. The third kappa shape index (κ3) is 2.41. The van der Waals surface area contributed by atoms with E-state index in [-0.39, 0.29) is 18.1 Å². The molecule has 0 aromatic carbocycles. The highest BCUT2D eigenvalue weighted by molar-refractivity contribution is 5.94. The Bertz CT molecular complexity index is 738. The summed E-state index contributed by atoms with van der Waals surface area (Å²) in [6.45, 7) is 3.98. The molecule has 0 saturated heterocycles. The summed E-state index contributed by atoms with van der Waals surface area (Å²) in [6, 6.07) is 1.77. The molecule has 2 N–H and O–H groups in total. The van der Waals surface area contributed by atoms with Crippen molar-refractivity contribution in [3.05, 3.63) is 41.2 Å². The van der Waals surface area contributed by atoms with Gasteiger partial charge in [0.25, 0.3) is 5.91 Å². The molecule has 120 valence electrons. The molecule has 0 bridgehead atoms. The zero-order chi connectivity index (χ0) is 16.0. The summed E-state index contributed by atoms with van der Waals surface area (Å²) in [6.07, 6.45) is 5.80. The van der Waals surface area contributed by atoms with Crippen LogP contribution in [0.3, 0.4) is 0 Å². The topological polar surface area (TPSA) is 92.8 Å². The summed E-state index contributed by atoms with van der Waals surface area (Å²) >= 11 is 0. The largest absolute Gasteiger partial charge is 0.369 e. The Morgan fingerprint density at radius 3 is 2.78 bits per heavy atom. The first-order valence-electron chi connectivity index (χ1n) is 7.92. The number of fused-ring (bicyclic) bond motifs is 1. The number of amides is 1. The minimum absolute atomic E-state index is 0.0739. The Labute approximate surface area is 133 Å². The molecule has 2 aliphatic rings. The molecule has 4 rings (SSSR count). The van der Waals surface area contributed by atoms with Gasteiger partial charge < -0.3 is 10.1 Å². The number of carbonyl (C=O) groups excluding carboxylic acids is 1. The molecule has 2 aromatic rings. The van der Waals surface area contributed by atoms with Gasteiger partial charge in [-0.05, 0) is 32.8 Å². The van der Waals surface area contributed by atoms with Gasteiger partial charge in [0, 0.05) is 24.4 Å². The number of aromatic amines is 1. The zero-order valence-electron chi connectivity index (χ0n) is 13.2. The third-order valence-corrected chi connectivity index (χ3v) is 4.55. The number of H-pyrrole nitrogens is 1. The van der Waals surface area contributed by atoms with Crippen LogP contribution in [0, 0.1) is 0 Å². The maximum absolute atomic E-state index is 12.7. The molecular formula is C16H19N5O2. The molecular weight excluding hydrogens is 294 g/mol. The van der Waals surface area contributed by atoms with E-state index >= 15 is 0 Å². The summed E-state index contributed by atoms with van der Waals surface area (Å²) in [5, 5.41) is 10.3. The summed E-state index contributed by atoms with van der Waals surface area (Å²) < 4.78 is 5.77. The second-order valence-corrected chi connectivity index (χ2v) is 6.37. The van der Waals surface area contributed by atoms with Crippen LogP contribution in [0.25, 0.3) is 0 Å². The lowest BCUT2D eigenvalue weighted by molar-refractivity contribution is -0.00697. The molecule has 1 amide bonds. The number of rotatable bonds is 3. The van der Waals surface area contributed by atoms with Gasteiger partial charge in [0.05, 0.1) is 17.9 Å². The number of aromatic nitrogens is 4. The van der Waals surface area contributed by atoms with E-state index in [0.29, 0.717) is 17.9 Å². The first kappa shape index (κ1) is 14.3. The highest BCUT2D eigenvalue weighted by atomic mass is 16.5. The van der Waals surface area contributed by atoms with Crippen LogP contribution >= 0.6 is 0 Å². The van der Waals surface area contributed by atoms with Gasteiger partial charge in [-0.25, -0.2) is 9.97 Å². The smallest absolute Gasteiger partial charge is 0.272 e. The first-order valence-corrected chi connectivity index (χ1v) is 7.92. The number of hydrogen-bond acceptors (Lipinski definition) is 5. The fourth-order valence-corrected chi connectivity index (χ4v) is 3.21. The molecule has 7 heteroatoms. The molecule has 23 heavy (non-hydrogen) atoms. The molecule has 0 radical (unpaired) electrons. The number of nitrogens with zero attached hydrogens (tertiary/aromatic N) is 3. The van der Waals surface area contributed by atoms with Crippen molar-refractivity contribution in [3.63, 3.8) is 0 Å². The zero-order valence-corrected chi connectivity index (χ0v) is 13.2. The van der Waals surface area contributed by atoms with E-state index in [2.05, 4.69) is 25.5 Å². The maximum atomic E-state index is 12.7. The molecule has 2 aromatic heterocycles. The van der Waals surface area contributed by atoms with Crippen LogP contribution in [-0.4, -0.2) is 32.2 Å². The van der Waals surface area contributed by atoms with Crippen molar-refractivity contribution in [1.29, 1.82) is 0 Å². The van der Waals surface area contributed by atoms with Crippen molar-refractivity contribution in [1.82, 2.24) is 25.5 Å². The van der Waals surface area contributed by atoms with E-state index in [9.17, 15) is 4.79 Å². The van der Waals surface area contributed by atoms with Crippen LogP contribution in [0.2, 0.25) is 0 Å². The fourth-order valence-electron chi connectivity index (χ4n) is 3.21. The fraction of sp³-hybridized carbons (Fsp3) is 0.500. The van der Waals surface area contributed by atoms with E-state index in [1.165, 1.54) is 0 Å². The number of nitrogens with one attached hydrogen (secondary N) is 2. The molecule has 1 saturated carbocycles. The minimum Gasteiger partial charge on any atom is -0.369 e. The minimum atomic E-state index is -0.438. The van der Waals surface area contributed by atoms with Crippen molar-refractivity contribution in [2.45, 2.75) is 50.9 Å². The summed E-state index contributed by atoms with van der Waals surface area (Å²) in [4.78, 5) is 21.3. The van der Waals surface area contributed by atoms with E-state index in [4.69, 9.17) is 4.74 Å². The van der Waals surface area contributed by atoms with Crippen molar-refractivity contribution < 1.29 is 9.53 Å². The van der Waals surface area contributed by atoms with Crippen LogP contribution in [-0.2, 0) is 16.7 Å². The Morgan fingerprint density at radius 1 is 1.35 bits per heavy atom. The molecule has 3 heterocycles. The van der Waals surface area contributed by atoms with Gasteiger partial charge in [0.15, 0.2) is 11.5 Å². The quantitative estimate of drug-likeness (QED) is 0.898. The van der Waals surface area contributed by atoms with Crippen LogP contribution in [0.5, 0.6) is 0 Å². The molecule has 2 atom stereocenters. The van der Waals surface area contributed by atoms with Gasteiger partial charge in [-0.3, -0.25) is 9.89 Å². The molecule has 1 aliphatic carbocycles. The highest BCUT2D eigenvalue weighted by Crippen LogP contribution is 2.44. The Kier molecular flexibility index (Phi) is 3.19. The van der Waals surface area contributed by atoms with Gasteiger partial charge in [0.1, 0.15) is 5.54 Å². The van der Waals surface area contributed by atoms with Crippen molar-refractivity contribution in [2.75, 3.05) is 0 Å². The van der Waals surface area contributed by atoms with Crippen LogP contribution < -0.4 is 5.32 Å². The first-order chi connectivity index (χ1) is 11.1. The van der Waals surface area contributed by atoms with Gasteiger partial charge >= 0.3 is 0 Å². The Hall–Kier alpha value is -2.28. The molecule has 0 unspecified atom stereocenters. The van der Waals surface area contributed by atoms with Gasteiger partial charge in [-0.2, -0.15) is 5.10 Å². The average Bonchev–Trinajstić information content (AvgIpc) is 3.18. The van der Waals surface area contributed by atoms with E-state index in [1.54, 1.807) is 18.5 Å². The summed E-state index contributed by atoms with van der Waals surface area (Å²) in [5.41, 5.74) is 1.88. The number of hydrogen-bond donors (Lipinski definition) is 2. The summed E-state index contributed by atoms with van der Waals surface area (Å²) in [7, 11) is 0. The maximum Gasteiger partial charge on any atom is 0.272 e. The number of ether oxygens (including phenoxy) is 1. The summed E-state index contributed by atoms with van der Waals surface area (Å²) in [5.74, 6) is 0.497. The van der Waals surface area contributed by atoms with E-state index in [1.807, 2.05) is 13.8 Å². The van der Waals surface area contributed by atoms with Gasteiger partial charge in [0.2, 0.25) is 0 Å².